The van der Waals surface area contributed by atoms with Crippen LogP contribution < -0.4 is 5.32 Å². The van der Waals surface area contributed by atoms with E-state index >= 15 is 0 Å². The van der Waals surface area contributed by atoms with Crippen molar-refractivity contribution in [2.45, 2.75) is 13.8 Å². The van der Waals surface area contributed by atoms with Crippen molar-refractivity contribution >= 4 is 22.5 Å². The van der Waals surface area contributed by atoms with Gasteiger partial charge in [-0.15, -0.1) is 0 Å². The standard InChI is InChI=1S/C20H23N5O/c1-20(2)12-25(13-20)11-19(26)23-18-7-16-6-14(4-5-15(16)8-21-18)17-9-22-24(3)10-17/h4-10H,11-13H2,1-3H3,(H,21,23,26). The summed E-state index contributed by atoms with van der Waals surface area (Å²) in [7, 11) is 1.90. The number of fused-ring (bicyclic) bond motifs is 1. The number of aromatic nitrogens is 3. The Morgan fingerprint density at radius 1 is 1.15 bits per heavy atom. The van der Waals surface area contributed by atoms with Gasteiger partial charge in [-0.25, -0.2) is 4.98 Å². The molecule has 0 radical (unpaired) electrons. The van der Waals surface area contributed by atoms with Crippen molar-refractivity contribution in [3.8, 4) is 11.1 Å². The van der Waals surface area contributed by atoms with E-state index in [1.165, 1.54) is 0 Å². The minimum atomic E-state index is -0.0178. The molecule has 6 heteroatoms. The summed E-state index contributed by atoms with van der Waals surface area (Å²) >= 11 is 0. The number of amides is 1. The van der Waals surface area contributed by atoms with E-state index in [0.29, 0.717) is 17.8 Å². The highest BCUT2D eigenvalue weighted by Gasteiger charge is 2.34. The summed E-state index contributed by atoms with van der Waals surface area (Å²) in [6, 6.07) is 8.12. The molecule has 0 aliphatic carbocycles. The van der Waals surface area contributed by atoms with E-state index in [1.807, 2.05) is 31.6 Å². The number of carbonyl (C=O) groups is 1. The Balaban J connectivity index is 1.50. The molecule has 0 atom stereocenters. The van der Waals surface area contributed by atoms with Crippen molar-refractivity contribution in [3.05, 3.63) is 42.9 Å². The highest BCUT2D eigenvalue weighted by molar-refractivity contribution is 5.94. The van der Waals surface area contributed by atoms with E-state index in [0.717, 1.165) is 35.0 Å². The van der Waals surface area contributed by atoms with Crippen molar-refractivity contribution in [2.24, 2.45) is 12.5 Å². The molecule has 1 amide bonds. The Morgan fingerprint density at radius 2 is 1.96 bits per heavy atom. The van der Waals surface area contributed by atoms with Gasteiger partial charge >= 0.3 is 0 Å². The van der Waals surface area contributed by atoms with E-state index < -0.39 is 0 Å². The summed E-state index contributed by atoms with van der Waals surface area (Å²) in [5.41, 5.74) is 2.48. The maximum atomic E-state index is 12.3. The van der Waals surface area contributed by atoms with Crippen LogP contribution in [0.1, 0.15) is 13.8 Å². The Kier molecular flexibility index (Phi) is 4.00. The molecule has 134 valence electrons. The number of nitrogens with zero attached hydrogens (tertiary/aromatic N) is 4. The fourth-order valence-electron chi connectivity index (χ4n) is 3.62. The normalized spacial score (nSPS) is 16.4. The number of likely N-dealkylation sites (tertiary alicyclic amines) is 1. The van der Waals surface area contributed by atoms with E-state index in [9.17, 15) is 4.79 Å². The van der Waals surface area contributed by atoms with Gasteiger partial charge in [0.05, 0.1) is 12.7 Å². The van der Waals surface area contributed by atoms with Gasteiger partial charge in [0.1, 0.15) is 5.82 Å². The first-order chi connectivity index (χ1) is 12.4. The van der Waals surface area contributed by atoms with Crippen LogP contribution in [0.15, 0.2) is 42.9 Å². The number of carbonyl (C=O) groups excluding carboxylic acids is 1. The molecule has 26 heavy (non-hydrogen) atoms. The van der Waals surface area contributed by atoms with Crippen molar-refractivity contribution in [3.63, 3.8) is 0 Å². The maximum Gasteiger partial charge on any atom is 0.239 e. The van der Waals surface area contributed by atoms with Gasteiger partial charge in [0.15, 0.2) is 0 Å². The van der Waals surface area contributed by atoms with Gasteiger partial charge in [-0.1, -0.05) is 26.0 Å². The van der Waals surface area contributed by atoms with Crippen molar-refractivity contribution in [1.82, 2.24) is 19.7 Å². The van der Waals surface area contributed by atoms with Crippen LogP contribution in [0.4, 0.5) is 5.82 Å². The lowest BCUT2D eigenvalue weighted by atomic mass is 9.84. The molecule has 1 aromatic carbocycles. The number of nitrogens with one attached hydrogen (secondary N) is 1. The summed E-state index contributed by atoms with van der Waals surface area (Å²) in [6.07, 6.45) is 5.63. The van der Waals surface area contributed by atoms with Gasteiger partial charge < -0.3 is 5.32 Å². The topological polar surface area (TPSA) is 63.1 Å². The lowest BCUT2D eigenvalue weighted by Gasteiger charge is -2.45. The molecule has 0 spiro atoms. The Hall–Kier alpha value is -2.73. The zero-order valence-electron chi connectivity index (χ0n) is 15.4. The molecule has 0 bridgehead atoms. The van der Waals surface area contributed by atoms with Crippen LogP contribution in [0.2, 0.25) is 0 Å². The van der Waals surface area contributed by atoms with Gasteiger partial charge in [-0.2, -0.15) is 5.10 Å². The Labute approximate surface area is 152 Å². The minimum Gasteiger partial charge on any atom is -0.310 e. The molecule has 1 saturated heterocycles. The molecule has 6 nitrogen and oxygen atoms in total. The van der Waals surface area contributed by atoms with E-state index in [-0.39, 0.29) is 5.91 Å². The number of pyridine rings is 1. The molecule has 1 aliphatic rings. The largest absolute Gasteiger partial charge is 0.310 e. The molecular weight excluding hydrogens is 326 g/mol. The predicted octanol–water partition coefficient (Wildman–Crippen LogP) is 2.92. The number of hydrogen-bond donors (Lipinski definition) is 1. The first-order valence-electron chi connectivity index (χ1n) is 8.79. The van der Waals surface area contributed by atoms with Crippen molar-refractivity contribution in [2.75, 3.05) is 25.0 Å². The second-order valence-corrected chi connectivity index (χ2v) is 7.89. The first kappa shape index (κ1) is 16.7. The zero-order chi connectivity index (χ0) is 18.3. The van der Waals surface area contributed by atoms with Gasteiger partial charge in [-0.05, 0) is 28.5 Å². The quantitative estimate of drug-likeness (QED) is 0.787. The fraction of sp³-hybridized carbons (Fsp3) is 0.350. The molecule has 0 unspecified atom stereocenters. The number of anilines is 1. The maximum absolute atomic E-state index is 12.3. The average Bonchev–Trinajstić information content (AvgIpc) is 2.99. The van der Waals surface area contributed by atoms with Gasteiger partial charge in [0, 0.05) is 43.5 Å². The molecular formula is C20H23N5O. The predicted molar refractivity (Wildman–Crippen MR) is 103 cm³/mol. The number of benzene rings is 1. The number of aryl methyl sites for hydroxylation is 1. The summed E-state index contributed by atoms with van der Waals surface area (Å²) in [6.45, 7) is 6.76. The monoisotopic (exact) mass is 349 g/mol. The molecule has 3 aromatic rings. The van der Waals surface area contributed by atoms with Crippen molar-refractivity contribution < 1.29 is 4.79 Å². The Bertz CT molecular complexity index is 967. The highest BCUT2D eigenvalue weighted by atomic mass is 16.2. The van der Waals surface area contributed by atoms with E-state index in [4.69, 9.17) is 0 Å². The number of hydrogen-bond acceptors (Lipinski definition) is 4. The van der Waals surface area contributed by atoms with Gasteiger partial charge in [0.2, 0.25) is 5.91 Å². The fourth-order valence-corrected chi connectivity index (χ4v) is 3.62. The molecule has 2 aromatic heterocycles. The summed E-state index contributed by atoms with van der Waals surface area (Å²) in [5.74, 6) is 0.571. The van der Waals surface area contributed by atoms with Crippen LogP contribution in [0.3, 0.4) is 0 Å². The summed E-state index contributed by atoms with van der Waals surface area (Å²) < 4.78 is 1.79. The van der Waals surface area contributed by atoms with Crippen LogP contribution in [0, 0.1) is 5.41 Å². The van der Waals surface area contributed by atoms with Crippen LogP contribution >= 0.6 is 0 Å². The molecule has 0 saturated carbocycles. The zero-order valence-corrected chi connectivity index (χ0v) is 15.4. The van der Waals surface area contributed by atoms with Crippen LogP contribution in [-0.4, -0.2) is 45.2 Å². The lowest BCUT2D eigenvalue weighted by Crippen LogP contribution is -2.54. The molecule has 1 fully saturated rings. The van der Waals surface area contributed by atoms with Crippen LogP contribution in [0.5, 0.6) is 0 Å². The highest BCUT2D eigenvalue weighted by Crippen LogP contribution is 2.28. The third kappa shape index (κ3) is 3.46. The summed E-state index contributed by atoms with van der Waals surface area (Å²) in [4.78, 5) is 18.8. The second kappa shape index (κ2) is 6.21. The second-order valence-electron chi connectivity index (χ2n) is 7.89. The summed E-state index contributed by atoms with van der Waals surface area (Å²) in [5, 5.41) is 9.22. The third-order valence-corrected chi connectivity index (χ3v) is 4.70. The lowest BCUT2D eigenvalue weighted by molar-refractivity contribution is -0.120. The van der Waals surface area contributed by atoms with Crippen LogP contribution in [-0.2, 0) is 11.8 Å². The van der Waals surface area contributed by atoms with Crippen LogP contribution in [0.25, 0.3) is 21.9 Å². The molecule has 1 aliphatic heterocycles. The Morgan fingerprint density at radius 3 is 2.65 bits per heavy atom. The minimum absolute atomic E-state index is 0.0178. The molecule has 4 rings (SSSR count). The smallest absolute Gasteiger partial charge is 0.239 e. The van der Waals surface area contributed by atoms with Gasteiger partial charge in [-0.3, -0.25) is 14.4 Å². The van der Waals surface area contributed by atoms with E-state index in [2.05, 4.69) is 46.3 Å². The van der Waals surface area contributed by atoms with E-state index in [1.54, 1.807) is 10.9 Å². The molecule has 3 heterocycles. The SMILES string of the molecule is Cn1cc(-c2ccc3cnc(NC(=O)CN4CC(C)(C)C4)cc3c2)cn1. The molecule has 1 N–H and O–H groups in total. The third-order valence-electron chi connectivity index (χ3n) is 4.70. The average molecular weight is 349 g/mol. The van der Waals surface area contributed by atoms with Crippen molar-refractivity contribution in [1.29, 1.82) is 0 Å². The number of rotatable bonds is 4. The van der Waals surface area contributed by atoms with Gasteiger partial charge in [0.25, 0.3) is 0 Å². The first-order valence-corrected chi connectivity index (χ1v) is 8.79.